The lowest BCUT2D eigenvalue weighted by molar-refractivity contribution is 0.0649. The Labute approximate surface area is 157 Å². The minimum absolute atomic E-state index is 0.0421. The van der Waals surface area contributed by atoms with Crippen molar-refractivity contribution in [1.29, 1.82) is 0 Å². The molecule has 0 aliphatic rings. The molecule has 0 heterocycles. The zero-order valence-corrected chi connectivity index (χ0v) is 17.7. The molecule has 0 saturated heterocycles. The van der Waals surface area contributed by atoms with E-state index in [1.807, 2.05) is 20.8 Å². The SMILES string of the molecule is CC(C)(C)Cc1cc(C(=O)O)c(C(=O)O)c(CC(C)(C)C)c1C(C)(C)C. The molecule has 0 bridgehead atoms. The Morgan fingerprint density at radius 3 is 1.58 bits per heavy atom. The number of benzene rings is 1. The molecule has 0 spiro atoms. The fourth-order valence-corrected chi connectivity index (χ4v) is 3.57. The van der Waals surface area contributed by atoms with Gasteiger partial charge in [-0.3, -0.25) is 0 Å². The molecule has 0 aliphatic carbocycles. The van der Waals surface area contributed by atoms with Gasteiger partial charge in [0.2, 0.25) is 0 Å². The van der Waals surface area contributed by atoms with Crippen LogP contribution in [0.1, 0.15) is 99.7 Å². The Hall–Kier alpha value is -1.84. The maximum atomic E-state index is 12.0. The maximum Gasteiger partial charge on any atom is 0.336 e. The molecular weight excluding hydrogens is 328 g/mol. The molecule has 0 aromatic heterocycles. The molecule has 146 valence electrons. The van der Waals surface area contributed by atoms with E-state index in [1.54, 1.807) is 6.07 Å². The summed E-state index contributed by atoms with van der Waals surface area (Å²) in [6.45, 7) is 18.6. The molecule has 2 N–H and O–H groups in total. The number of carbonyl (C=O) groups is 2. The van der Waals surface area contributed by atoms with Crippen LogP contribution in [0, 0.1) is 10.8 Å². The van der Waals surface area contributed by atoms with Crippen molar-refractivity contribution in [3.63, 3.8) is 0 Å². The van der Waals surface area contributed by atoms with Gasteiger partial charge in [-0.15, -0.1) is 0 Å². The minimum Gasteiger partial charge on any atom is -0.478 e. The molecule has 4 heteroatoms. The fourth-order valence-electron chi connectivity index (χ4n) is 3.57. The molecule has 26 heavy (non-hydrogen) atoms. The van der Waals surface area contributed by atoms with E-state index in [1.165, 1.54) is 0 Å². The molecule has 0 unspecified atom stereocenters. The molecule has 4 nitrogen and oxygen atoms in total. The van der Waals surface area contributed by atoms with Crippen molar-refractivity contribution in [3.8, 4) is 0 Å². The number of hydrogen-bond donors (Lipinski definition) is 2. The van der Waals surface area contributed by atoms with E-state index < -0.39 is 11.9 Å². The highest BCUT2D eigenvalue weighted by Gasteiger charge is 2.33. The molecular formula is C22H34O4. The van der Waals surface area contributed by atoms with Gasteiger partial charge in [0.15, 0.2) is 0 Å². The van der Waals surface area contributed by atoms with Crippen LogP contribution in [0.25, 0.3) is 0 Å². The Morgan fingerprint density at radius 1 is 0.808 bits per heavy atom. The smallest absolute Gasteiger partial charge is 0.336 e. The molecule has 1 rings (SSSR count). The largest absolute Gasteiger partial charge is 0.478 e. The van der Waals surface area contributed by atoms with Crippen molar-refractivity contribution in [2.75, 3.05) is 0 Å². The standard InChI is InChI=1S/C22H34O4/c1-20(2,3)11-13-10-14(18(23)24)16(19(25)26)15(12-21(4,5)6)17(13)22(7,8)9/h10H,11-12H2,1-9H3,(H,23,24)(H,25,26). The topological polar surface area (TPSA) is 74.6 Å². The zero-order valence-electron chi connectivity index (χ0n) is 17.7. The van der Waals surface area contributed by atoms with Crippen molar-refractivity contribution < 1.29 is 19.8 Å². The van der Waals surface area contributed by atoms with Gasteiger partial charge in [0.1, 0.15) is 0 Å². The van der Waals surface area contributed by atoms with E-state index in [2.05, 4.69) is 41.5 Å². The van der Waals surface area contributed by atoms with Gasteiger partial charge in [-0.05, 0) is 51.8 Å². The third-order valence-corrected chi connectivity index (χ3v) is 4.13. The predicted molar refractivity (Wildman–Crippen MR) is 105 cm³/mol. The number of aromatic carboxylic acids is 2. The second kappa shape index (κ2) is 7.05. The van der Waals surface area contributed by atoms with E-state index in [9.17, 15) is 19.8 Å². The van der Waals surface area contributed by atoms with Crippen LogP contribution in [0.4, 0.5) is 0 Å². The van der Waals surface area contributed by atoms with Gasteiger partial charge < -0.3 is 10.2 Å². The van der Waals surface area contributed by atoms with Crippen molar-refractivity contribution >= 4 is 11.9 Å². The Bertz CT molecular complexity index is 708. The highest BCUT2D eigenvalue weighted by molar-refractivity contribution is 6.03. The highest BCUT2D eigenvalue weighted by atomic mass is 16.4. The first-order valence-corrected chi connectivity index (χ1v) is 9.10. The summed E-state index contributed by atoms with van der Waals surface area (Å²) in [7, 11) is 0. The molecule has 1 aromatic carbocycles. The molecule has 0 fully saturated rings. The third-order valence-electron chi connectivity index (χ3n) is 4.13. The molecule has 1 aromatic rings. The summed E-state index contributed by atoms with van der Waals surface area (Å²) in [5.74, 6) is -2.36. The molecule has 0 radical (unpaired) electrons. The summed E-state index contributed by atoms with van der Waals surface area (Å²) < 4.78 is 0. The van der Waals surface area contributed by atoms with Crippen molar-refractivity contribution in [1.82, 2.24) is 0 Å². The lowest BCUT2D eigenvalue weighted by Gasteiger charge is -2.33. The van der Waals surface area contributed by atoms with E-state index >= 15 is 0 Å². The van der Waals surface area contributed by atoms with Crippen LogP contribution in [0.2, 0.25) is 0 Å². The van der Waals surface area contributed by atoms with Crippen LogP contribution < -0.4 is 0 Å². The second-order valence-corrected chi connectivity index (χ2v) is 10.6. The van der Waals surface area contributed by atoms with E-state index in [0.717, 1.165) is 11.1 Å². The number of carboxylic acid groups (broad SMARTS) is 2. The Kier molecular flexibility index (Phi) is 6.02. The highest BCUT2D eigenvalue weighted by Crippen LogP contribution is 2.39. The maximum absolute atomic E-state index is 12.0. The summed E-state index contributed by atoms with van der Waals surface area (Å²) in [4.78, 5) is 23.9. The van der Waals surface area contributed by atoms with Crippen molar-refractivity contribution in [2.24, 2.45) is 10.8 Å². The van der Waals surface area contributed by atoms with Crippen LogP contribution >= 0.6 is 0 Å². The number of carboxylic acids is 2. The average Bonchev–Trinajstić information content (AvgIpc) is 2.31. The molecule has 0 atom stereocenters. The van der Waals surface area contributed by atoms with Gasteiger partial charge >= 0.3 is 11.9 Å². The summed E-state index contributed by atoms with van der Waals surface area (Å²) in [6, 6.07) is 1.59. The quantitative estimate of drug-likeness (QED) is 0.735. The van der Waals surface area contributed by atoms with Gasteiger partial charge in [-0.25, -0.2) is 9.59 Å². The normalized spacial score (nSPS) is 13.0. The predicted octanol–water partition coefficient (Wildman–Crippen LogP) is 5.56. The first-order chi connectivity index (χ1) is 11.4. The molecule has 0 aliphatic heterocycles. The third kappa shape index (κ3) is 5.58. The Balaban J connectivity index is 4.05. The van der Waals surface area contributed by atoms with Crippen LogP contribution in [0.5, 0.6) is 0 Å². The Morgan fingerprint density at radius 2 is 1.27 bits per heavy atom. The average molecular weight is 363 g/mol. The summed E-state index contributed by atoms with van der Waals surface area (Å²) >= 11 is 0. The van der Waals surface area contributed by atoms with Gasteiger partial charge in [-0.1, -0.05) is 62.3 Å². The van der Waals surface area contributed by atoms with Crippen LogP contribution in [-0.2, 0) is 18.3 Å². The van der Waals surface area contributed by atoms with Crippen molar-refractivity contribution in [3.05, 3.63) is 33.9 Å². The van der Waals surface area contributed by atoms with Crippen LogP contribution in [0.15, 0.2) is 6.07 Å². The van der Waals surface area contributed by atoms with Gasteiger partial charge in [0, 0.05) is 0 Å². The lowest BCUT2D eigenvalue weighted by atomic mass is 9.71. The van der Waals surface area contributed by atoms with Crippen LogP contribution in [0.3, 0.4) is 0 Å². The van der Waals surface area contributed by atoms with E-state index in [0.29, 0.717) is 18.4 Å². The van der Waals surface area contributed by atoms with E-state index in [4.69, 9.17) is 0 Å². The lowest BCUT2D eigenvalue weighted by Crippen LogP contribution is -2.27. The minimum atomic E-state index is -1.19. The molecule has 0 amide bonds. The van der Waals surface area contributed by atoms with Gasteiger partial charge in [-0.2, -0.15) is 0 Å². The number of hydrogen-bond acceptors (Lipinski definition) is 2. The first kappa shape index (κ1) is 22.2. The monoisotopic (exact) mass is 362 g/mol. The second-order valence-electron chi connectivity index (χ2n) is 10.6. The summed E-state index contributed by atoms with van der Waals surface area (Å²) in [5.41, 5.74) is 1.91. The number of rotatable bonds is 4. The first-order valence-electron chi connectivity index (χ1n) is 9.10. The molecule has 0 saturated carbocycles. The van der Waals surface area contributed by atoms with Crippen LogP contribution in [-0.4, -0.2) is 22.2 Å². The summed E-state index contributed by atoms with van der Waals surface area (Å²) in [6.07, 6.45) is 1.20. The van der Waals surface area contributed by atoms with E-state index in [-0.39, 0.29) is 27.4 Å². The van der Waals surface area contributed by atoms with Gasteiger partial charge in [0.05, 0.1) is 11.1 Å². The van der Waals surface area contributed by atoms with Gasteiger partial charge in [0.25, 0.3) is 0 Å². The summed E-state index contributed by atoms with van der Waals surface area (Å²) in [5, 5.41) is 19.5. The fraction of sp³-hybridized carbons (Fsp3) is 0.636. The van der Waals surface area contributed by atoms with Crippen molar-refractivity contribution in [2.45, 2.75) is 80.6 Å². The zero-order chi connectivity index (χ0) is 20.7.